The number of nitrogens with zero attached hydrogens (tertiary/aromatic N) is 1. The zero-order valence-electron chi connectivity index (χ0n) is 9.29. The Kier molecular flexibility index (Phi) is 3.94. The molecule has 0 saturated carbocycles. The summed E-state index contributed by atoms with van der Waals surface area (Å²) in [7, 11) is 0. The summed E-state index contributed by atoms with van der Waals surface area (Å²) in [6.07, 6.45) is 1.73. The second-order valence-corrected chi connectivity index (χ2v) is 4.85. The molecule has 0 unspecified atom stereocenters. The molecule has 0 aliphatic heterocycles. The zero-order chi connectivity index (χ0) is 10.7. The van der Waals surface area contributed by atoms with Crippen molar-refractivity contribution in [1.29, 1.82) is 0 Å². The lowest BCUT2D eigenvalue weighted by atomic mass is 9.83. The van der Waals surface area contributed by atoms with Crippen LogP contribution < -0.4 is 0 Å². The van der Waals surface area contributed by atoms with Crippen molar-refractivity contribution in [3.05, 3.63) is 29.0 Å². The van der Waals surface area contributed by atoms with Crippen molar-refractivity contribution < 1.29 is 0 Å². The predicted octanol–water partition coefficient (Wildman–Crippen LogP) is 4.13. The van der Waals surface area contributed by atoms with Crippen molar-refractivity contribution in [3.63, 3.8) is 0 Å². The highest BCUT2D eigenvalue weighted by atomic mass is 35.5. The third kappa shape index (κ3) is 2.71. The lowest BCUT2D eigenvalue weighted by molar-refractivity contribution is 0.380. The molecular formula is C12H18ClN. The number of rotatable bonds is 3. The number of pyridine rings is 1. The Bertz CT molecular complexity index is 269. The van der Waals surface area contributed by atoms with Gasteiger partial charge in [0.15, 0.2) is 0 Å². The van der Waals surface area contributed by atoms with Crippen LogP contribution in [0.1, 0.15) is 39.3 Å². The molecule has 1 aromatic heterocycles. The molecule has 0 spiro atoms. The lowest BCUT2D eigenvalue weighted by Crippen LogP contribution is -2.14. The van der Waals surface area contributed by atoms with Crippen molar-refractivity contribution in [2.45, 2.75) is 33.6 Å². The highest BCUT2D eigenvalue weighted by molar-refractivity contribution is 6.30. The molecule has 0 aromatic carbocycles. The number of aromatic nitrogens is 1. The number of hydrogen-bond acceptors (Lipinski definition) is 1. The first-order chi connectivity index (χ1) is 6.52. The first-order valence-electron chi connectivity index (χ1n) is 5.13. The predicted molar refractivity (Wildman–Crippen MR) is 61.7 cm³/mol. The summed E-state index contributed by atoms with van der Waals surface area (Å²) in [5.41, 5.74) is 1.15. The Morgan fingerprint density at radius 3 is 2.00 bits per heavy atom. The van der Waals surface area contributed by atoms with Crippen LogP contribution in [0.5, 0.6) is 0 Å². The molecule has 1 rings (SSSR count). The van der Waals surface area contributed by atoms with Gasteiger partial charge in [0.25, 0.3) is 0 Å². The summed E-state index contributed by atoms with van der Waals surface area (Å²) in [4.78, 5) is 4.39. The van der Waals surface area contributed by atoms with Crippen LogP contribution in [0.15, 0.2) is 18.3 Å². The molecular weight excluding hydrogens is 194 g/mol. The smallest absolute Gasteiger partial charge is 0.0589 e. The average Bonchev–Trinajstić information content (AvgIpc) is 2.07. The standard InChI is InChI=1S/C12H18ClN/c1-8(2)12(9(3)4)11-6-5-10(13)7-14-11/h5-9,12H,1-4H3. The Hall–Kier alpha value is -0.560. The Morgan fingerprint density at radius 1 is 1.07 bits per heavy atom. The fraction of sp³-hybridized carbons (Fsp3) is 0.583. The number of halogens is 1. The van der Waals surface area contributed by atoms with Gasteiger partial charge in [0.1, 0.15) is 0 Å². The van der Waals surface area contributed by atoms with Gasteiger partial charge in [-0.3, -0.25) is 4.98 Å². The summed E-state index contributed by atoms with van der Waals surface area (Å²) in [6, 6.07) is 3.95. The van der Waals surface area contributed by atoms with Gasteiger partial charge in [-0.2, -0.15) is 0 Å². The third-order valence-electron chi connectivity index (χ3n) is 2.53. The first-order valence-corrected chi connectivity index (χ1v) is 5.51. The van der Waals surface area contributed by atoms with Crippen LogP contribution in [0.25, 0.3) is 0 Å². The van der Waals surface area contributed by atoms with Crippen LogP contribution in [0, 0.1) is 11.8 Å². The maximum atomic E-state index is 5.81. The summed E-state index contributed by atoms with van der Waals surface area (Å²) >= 11 is 5.81. The van der Waals surface area contributed by atoms with Gasteiger partial charge >= 0.3 is 0 Å². The minimum absolute atomic E-state index is 0.521. The topological polar surface area (TPSA) is 12.9 Å². The Balaban J connectivity index is 2.94. The van der Waals surface area contributed by atoms with E-state index in [1.165, 1.54) is 0 Å². The Morgan fingerprint density at radius 2 is 1.64 bits per heavy atom. The van der Waals surface area contributed by atoms with E-state index in [4.69, 9.17) is 11.6 Å². The third-order valence-corrected chi connectivity index (χ3v) is 2.75. The summed E-state index contributed by atoms with van der Waals surface area (Å²) in [5, 5.41) is 0.708. The van der Waals surface area contributed by atoms with Gasteiger partial charge in [0.2, 0.25) is 0 Å². The molecule has 0 bridgehead atoms. The van der Waals surface area contributed by atoms with Gasteiger partial charge in [0, 0.05) is 17.8 Å². The van der Waals surface area contributed by atoms with Gasteiger partial charge in [-0.05, 0) is 24.0 Å². The highest BCUT2D eigenvalue weighted by Crippen LogP contribution is 2.30. The molecule has 14 heavy (non-hydrogen) atoms. The van der Waals surface area contributed by atoms with E-state index in [0.717, 1.165) is 5.69 Å². The minimum Gasteiger partial charge on any atom is -0.259 e. The summed E-state index contributed by atoms with van der Waals surface area (Å²) in [6.45, 7) is 8.95. The lowest BCUT2D eigenvalue weighted by Gasteiger charge is -2.24. The van der Waals surface area contributed by atoms with Crippen LogP contribution in [-0.4, -0.2) is 4.98 Å². The molecule has 0 aliphatic rings. The van der Waals surface area contributed by atoms with Gasteiger partial charge in [-0.1, -0.05) is 39.3 Å². The molecule has 0 amide bonds. The van der Waals surface area contributed by atoms with Crippen molar-refractivity contribution in [2.75, 3.05) is 0 Å². The zero-order valence-corrected chi connectivity index (χ0v) is 10.0. The van der Waals surface area contributed by atoms with E-state index < -0.39 is 0 Å². The molecule has 0 radical (unpaired) electrons. The number of hydrogen-bond donors (Lipinski definition) is 0. The molecule has 0 fully saturated rings. The SMILES string of the molecule is CC(C)C(c1ccc(Cl)cn1)C(C)C. The minimum atomic E-state index is 0.521. The molecule has 78 valence electrons. The largest absolute Gasteiger partial charge is 0.259 e. The quantitative estimate of drug-likeness (QED) is 0.733. The van der Waals surface area contributed by atoms with Crippen molar-refractivity contribution in [3.8, 4) is 0 Å². The second-order valence-electron chi connectivity index (χ2n) is 4.42. The van der Waals surface area contributed by atoms with E-state index in [1.807, 2.05) is 12.1 Å². The molecule has 0 saturated heterocycles. The van der Waals surface area contributed by atoms with Crippen LogP contribution >= 0.6 is 11.6 Å². The van der Waals surface area contributed by atoms with Crippen molar-refractivity contribution in [1.82, 2.24) is 4.98 Å². The molecule has 1 heterocycles. The molecule has 0 aliphatic carbocycles. The molecule has 0 atom stereocenters. The molecule has 1 nitrogen and oxygen atoms in total. The maximum absolute atomic E-state index is 5.81. The second kappa shape index (κ2) is 4.79. The van der Waals surface area contributed by atoms with E-state index >= 15 is 0 Å². The Labute approximate surface area is 91.5 Å². The van der Waals surface area contributed by atoms with Gasteiger partial charge in [0.05, 0.1) is 5.02 Å². The molecule has 2 heteroatoms. The van der Waals surface area contributed by atoms with E-state index in [-0.39, 0.29) is 0 Å². The first kappa shape index (κ1) is 11.5. The summed E-state index contributed by atoms with van der Waals surface area (Å²) in [5.74, 6) is 1.75. The van der Waals surface area contributed by atoms with Crippen LogP contribution in [-0.2, 0) is 0 Å². The average molecular weight is 212 g/mol. The van der Waals surface area contributed by atoms with Gasteiger partial charge in [-0.15, -0.1) is 0 Å². The van der Waals surface area contributed by atoms with Gasteiger partial charge in [-0.25, -0.2) is 0 Å². The van der Waals surface area contributed by atoms with E-state index in [9.17, 15) is 0 Å². The highest BCUT2D eigenvalue weighted by Gasteiger charge is 2.20. The monoisotopic (exact) mass is 211 g/mol. The normalized spacial score (nSPS) is 11.7. The van der Waals surface area contributed by atoms with Crippen molar-refractivity contribution in [2.24, 2.45) is 11.8 Å². The van der Waals surface area contributed by atoms with Crippen LogP contribution in [0.2, 0.25) is 5.02 Å². The fourth-order valence-corrected chi connectivity index (χ4v) is 2.15. The van der Waals surface area contributed by atoms with Gasteiger partial charge < -0.3 is 0 Å². The fourth-order valence-electron chi connectivity index (χ4n) is 2.04. The van der Waals surface area contributed by atoms with E-state index in [1.54, 1.807) is 6.20 Å². The van der Waals surface area contributed by atoms with Crippen molar-refractivity contribution >= 4 is 11.6 Å². The summed E-state index contributed by atoms with van der Waals surface area (Å²) < 4.78 is 0. The van der Waals surface area contributed by atoms with Crippen LogP contribution in [0.3, 0.4) is 0 Å². The molecule has 0 N–H and O–H groups in total. The van der Waals surface area contributed by atoms with Crippen LogP contribution in [0.4, 0.5) is 0 Å². The van der Waals surface area contributed by atoms with E-state index in [2.05, 4.69) is 32.7 Å². The maximum Gasteiger partial charge on any atom is 0.0589 e. The molecule has 1 aromatic rings. The van der Waals surface area contributed by atoms with E-state index in [0.29, 0.717) is 22.8 Å².